The lowest BCUT2D eigenvalue weighted by Gasteiger charge is -2.20. The fourth-order valence-electron chi connectivity index (χ4n) is 2.26. The van der Waals surface area contributed by atoms with Crippen molar-refractivity contribution in [3.05, 3.63) is 0 Å². The van der Waals surface area contributed by atoms with E-state index in [9.17, 15) is 0 Å². The van der Waals surface area contributed by atoms with Gasteiger partial charge in [-0.25, -0.2) is 0 Å². The average molecular weight is 271 g/mol. The standard InChI is InChI=1S/C15H29NO3/c1-15(2,3)18-9-8-17-11-14-7-6-13(19-14)10-16-12-4-5-12/h12-14,16H,4-11H2,1-3H3. The van der Waals surface area contributed by atoms with E-state index in [4.69, 9.17) is 14.2 Å². The molecule has 2 fully saturated rings. The molecule has 2 atom stereocenters. The van der Waals surface area contributed by atoms with E-state index in [1.165, 1.54) is 12.8 Å². The Bertz CT molecular complexity index is 261. The molecule has 0 radical (unpaired) electrons. The van der Waals surface area contributed by atoms with Crippen LogP contribution in [0.2, 0.25) is 0 Å². The summed E-state index contributed by atoms with van der Waals surface area (Å²) in [4.78, 5) is 0. The Labute approximate surface area is 117 Å². The van der Waals surface area contributed by atoms with E-state index in [1.54, 1.807) is 0 Å². The van der Waals surface area contributed by atoms with Gasteiger partial charge in [-0.3, -0.25) is 0 Å². The second-order valence-corrected chi connectivity index (χ2v) is 6.68. The monoisotopic (exact) mass is 271 g/mol. The number of ether oxygens (including phenoxy) is 3. The molecule has 2 rings (SSSR count). The summed E-state index contributed by atoms with van der Waals surface area (Å²) in [6.07, 6.45) is 5.63. The second-order valence-electron chi connectivity index (χ2n) is 6.68. The maximum absolute atomic E-state index is 5.96. The van der Waals surface area contributed by atoms with Gasteiger partial charge in [0.1, 0.15) is 0 Å². The summed E-state index contributed by atoms with van der Waals surface area (Å²) in [5.41, 5.74) is -0.0766. The van der Waals surface area contributed by atoms with Crippen LogP contribution in [0.5, 0.6) is 0 Å². The van der Waals surface area contributed by atoms with Gasteiger partial charge in [-0.1, -0.05) is 0 Å². The zero-order valence-corrected chi connectivity index (χ0v) is 12.6. The van der Waals surface area contributed by atoms with E-state index in [-0.39, 0.29) is 11.7 Å². The van der Waals surface area contributed by atoms with E-state index in [1.807, 2.05) is 0 Å². The van der Waals surface area contributed by atoms with Gasteiger partial charge in [-0.2, -0.15) is 0 Å². The van der Waals surface area contributed by atoms with Crippen molar-refractivity contribution in [1.29, 1.82) is 0 Å². The summed E-state index contributed by atoms with van der Waals surface area (Å²) < 4.78 is 17.2. The lowest BCUT2D eigenvalue weighted by atomic mass is 10.2. The third kappa shape index (κ3) is 6.70. The Balaban J connectivity index is 1.45. The van der Waals surface area contributed by atoms with E-state index in [2.05, 4.69) is 26.1 Å². The minimum Gasteiger partial charge on any atom is -0.376 e. The van der Waals surface area contributed by atoms with Crippen molar-refractivity contribution in [2.75, 3.05) is 26.4 Å². The maximum atomic E-state index is 5.96. The van der Waals surface area contributed by atoms with Crippen LogP contribution in [-0.2, 0) is 14.2 Å². The van der Waals surface area contributed by atoms with Crippen LogP contribution in [0.15, 0.2) is 0 Å². The first-order valence-electron chi connectivity index (χ1n) is 7.63. The van der Waals surface area contributed by atoms with Gasteiger partial charge < -0.3 is 19.5 Å². The molecule has 2 aliphatic rings. The van der Waals surface area contributed by atoms with Gasteiger partial charge in [-0.15, -0.1) is 0 Å². The highest BCUT2D eigenvalue weighted by molar-refractivity contribution is 4.84. The van der Waals surface area contributed by atoms with Crippen molar-refractivity contribution >= 4 is 0 Å². The quantitative estimate of drug-likeness (QED) is 0.686. The van der Waals surface area contributed by atoms with Gasteiger partial charge in [0.05, 0.1) is 37.6 Å². The summed E-state index contributed by atoms with van der Waals surface area (Å²) in [6, 6.07) is 0.772. The lowest BCUT2D eigenvalue weighted by molar-refractivity contribution is -0.0575. The minimum atomic E-state index is -0.0766. The zero-order chi connectivity index (χ0) is 13.7. The molecular formula is C15H29NO3. The van der Waals surface area contributed by atoms with E-state index < -0.39 is 0 Å². The summed E-state index contributed by atoms with van der Waals surface area (Å²) in [7, 11) is 0. The molecule has 4 nitrogen and oxygen atoms in total. The molecule has 1 aliphatic carbocycles. The van der Waals surface area contributed by atoms with Gasteiger partial charge in [0.2, 0.25) is 0 Å². The van der Waals surface area contributed by atoms with Crippen molar-refractivity contribution in [3.8, 4) is 0 Å². The summed E-state index contributed by atoms with van der Waals surface area (Å²) >= 11 is 0. The van der Waals surface area contributed by atoms with Crippen LogP contribution in [0.25, 0.3) is 0 Å². The van der Waals surface area contributed by atoms with Crippen LogP contribution in [-0.4, -0.2) is 50.2 Å². The predicted octanol–water partition coefficient (Wildman–Crippen LogP) is 2.12. The Morgan fingerprint density at radius 1 is 1.05 bits per heavy atom. The van der Waals surface area contributed by atoms with Crippen LogP contribution in [0, 0.1) is 0 Å². The van der Waals surface area contributed by atoms with Crippen molar-refractivity contribution in [1.82, 2.24) is 5.32 Å². The largest absolute Gasteiger partial charge is 0.376 e. The zero-order valence-electron chi connectivity index (χ0n) is 12.6. The SMILES string of the molecule is CC(C)(C)OCCOCC1CCC(CNC2CC2)O1. The van der Waals surface area contributed by atoms with Crippen molar-refractivity contribution in [2.24, 2.45) is 0 Å². The molecule has 0 aromatic carbocycles. The predicted molar refractivity (Wildman–Crippen MR) is 75.4 cm³/mol. The Morgan fingerprint density at radius 2 is 1.79 bits per heavy atom. The highest BCUT2D eigenvalue weighted by atomic mass is 16.6. The molecular weight excluding hydrogens is 242 g/mol. The molecule has 1 saturated carbocycles. The number of rotatable bonds is 8. The second kappa shape index (κ2) is 7.02. The van der Waals surface area contributed by atoms with E-state index >= 15 is 0 Å². The van der Waals surface area contributed by atoms with Crippen LogP contribution in [0.4, 0.5) is 0 Å². The first-order valence-corrected chi connectivity index (χ1v) is 7.63. The molecule has 112 valence electrons. The number of nitrogens with one attached hydrogen (secondary N) is 1. The summed E-state index contributed by atoms with van der Waals surface area (Å²) in [5, 5.41) is 3.53. The van der Waals surface area contributed by atoms with Crippen LogP contribution >= 0.6 is 0 Å². The smallest absolute Gasteiger partial charge is 0.0813 e. The number of hydrogen-bond acceptors (Lipinski definition) is 4. The number of hydrogen-bond donors (Lipinski definition) is 1. The maximum Gasteiger partial charge on any atom is 0.0813 e. The molecule has 1 aliphatic heterocycles. The minimum absolute atomic E-state index is 0.0766. The molecule has 1 heterocycles. The van der Waals surface area contributed by atoms with Gasteiger partial charge in [-0.05, 0) is 46.5 Å². The Hall–Kier alpha value is -0.160. The Kier molecular flexibility index (Phi) is 5.63. The van der Waals surface area contributed by atoms with Gasteiger partial charge >= 0.3 is 0 Å². The molecule has 2 unspecified atom stereocenters. The van der Waals surface area contributed by atoms with Crippen LogP contribution < -0.4 is 5.32 Å². The van der Waals surface area contributed by atoms with Crippen LogP contribution in [0.3, 0.4) is 0 Å². The fourth-order valence-corrected chi connectivity index (χ4v) is 2.26. The molecule has 1 N–H and O–H groups in total. The fraction of sp³-hybridized carbons (Fsp3) is 1.00. The highest BCUT2D eigenvalue weighted by Crippen LogP contribution is 2.22. The third-order valence-electron chi connectivity index (χ3n) is 3.47. The highest BCUT2D eigenvalue weighted by Gasteiger charge is 2.28. The lowest BCUT2D eigenvalue weighted by Crippen LogP contribution is -2.29. The normalized spacial score (nSPS) is 27.9. The third-order valence-corrected chi connectivity index (χ3v) is 3.47. The topological polar surface area (TPSA) is 39.7 Å². The molecule has 0 spiro atoms. The molecule has 1 saturated heterocycles. The van der Waals surface area contributed by atoms with Crippen molar-refractivity contribution < 1.29 is 14.2 Å². The molecule has 19 heavy (non-hydrogen) atoms. The van der Waals surface area contributed by atoms with Gasteiger partial charge in [0.25, 0.3) is 0 Å². The molecule has 0 amide bonds. The molecule has 0 aromatic heterocycles. The first kappa shape index (κ1) is 15.2. The molecule has 0 aromatic rings. The summed E-state index contributed by atoms with van der Waals surface area (Å²) in [5.74, 6) is 0. The van der Waals surface area contributed by atoms with Gasteiger partial charge in [0.15, 0.2) is 0 Å². The van der Waals surface area contributed by atoms with Gasteiger partial charge in [0, 0.05) is 12.6 Å². The van der Waals surface area contributed by atoms with E-state index in [0.29, 0.717) is 25.9 Å². The van der Waals surface area contributed by atoms with E-state index in [0.717, 1.165) is 25.4 Å². The average Bonchev–Trinajstić information content (AvgIpc) is 3.05. The molecule has 4 heteroatoms. The van der Waals surface area contributed by atoms with Crippen molar-refractivity contribution in [2.45, 2.75) is 70.3 Å². The first-order chi connectivity index (χ1) is 9.03. The van der Waals surface area contributed by atoms with Crippen LogP contribution in [0.1, 0.15) is 46.5 Å². The Morgan fingerprint density at radius 3 is 2.47 bits per heavy atom. The summed E-state index contributed by atoms with van der Waals surface area (Å²) in [6.45, 7) is 9.20. The van der Waals surface area contributed by atoms with Crippen molar-refractivity contribution in [3.63, 3.8) is 0 Å². The molecule has 0 bridgehead atoms.